The van der Waals surface area contributed by atoms with Crippen molar-refractivity contribution >= 4 is 28.6 Å². The summed E-state index contributed by atoms with van der Waals surface area (Å²) >= 11 is 0. The lowest BCUT2D eigenvalue weighted by Gasteiger charge is -2.08. The first-order valence-corrected chi connectivity index (χ1v) is 9.86. The van der Waals surface area contributed by atoms with Gasteiger partial charge < -0.3 is 35.4 Å². The Morgan fingerprint density at radius 3 is 2.12 bits per heavy atom. The maximum Gasteiger partial charge on any atom is 0.415 e. The van der Waals surface area contributed by atoms with Crippen molar-refractivity contribution in [1.82, 2.24) is 19.5 Å². The van der Waals surface area contributed by atoms with Crippen molar-refractivity contribution in [2.75, 3.05) is 17.7 Å². The number of rotatable bonds is 4. The normalized spacial score (nSPS) is 9.64. The van der Waals surface area contributed by atoms with Gasteiger partial charge in [0.25, 0.3) is 0 Å². The molecule has 5 aromatic rings. The number of aromatic nitrogens is 6. The van der Waals surface area contributed by atoms with E-state index in [0.717, 1.165) is 34.3 Å². The summed E-state index contributed by atoms with van der Waals surface area (Å²) in [6.07, 6.45) is 8.93. The zero-order valence-electron chi connectivity index (χ0n) is 18.2. The number of fused-ring (bicyclic) bond motifs is 1. The van der Waals surface area contributed by atoms with Crippen molar-refractivity contribution in [3.63, 3.8) is 0 Å². The fourth-order valence-electron chi connectivity index (χ4n) is 3.12. The number of anilines is 3. The lowest BCUT2D eigenvalue weighted by atomic mass is 10.3. The second-order valence-corrected chi connectivity index (χ2v) is 6.69. The van der Waals surface area contributed by atoms with Crippen LogP contribution in [0.15, 0.2) is 91.8 Å². The van der Waals surface area contributed by atoms with Gasteiger partial charge in [-0.05, 0) is 24.3 Å². The van der Waals surface area contributed by atoms with Gasteiger partial charge in [0.2, 0.25) is 0 Å². The van der Waals surface area contributed by atoms with Gasteiger partial charge in [0, 0.05) is 25.1 Å². The number of imidazole rings is 1. The molecule has 0 saturated carbocycles. The van der Waals surface area contributed by atoms with Gasteiger partial charge in [0.05, 0.1) is 6.20 Å². The topological polar surface area (TPSA) is 85.7 Å². The molecule has 5 rings (SSSR count). The van der Waals surface area contributed by atoms with Gasteiger partial charge >= 0.3 is 17.6 Å². The van der Waals surface area contributed by atoms with E-state index in [2.05, 4.69) is 47.3 Å². The Kier molecular flexibility index (Phi) is 9.53. The van der Waals surface area contributed by atoms with Crippen molar-refractivity contribution < 1.29 is 34.4 Å². The molecule has 3 heterocycles. The van der Waals surface area contributed by atoms with E-state index in [1.165, 1.54) is 0 Å². The first kappa shape index (κ1) is 25.5. The average molecular weight is 483 g/mol. The van der Waals surface area contributed by atoms with E-state index in [1.807, 2.05) is 79.7 Å². The monoisotopic (exact) mass is 482 g/mol. The summed E-state index contributed by atoms with van der Waals surface area (Å²) < 4.78 is 4.08. The van der Waals surface area contributed by atoms with Crippen LogP contribution >= 0.6 is 0 Å². The van der Waals surface area contributed by atoms with Gasteiger partial charge in [-0.15, -0.1) is 4.57 Å². The maximum atomic E-state index is 4.39. The van der Waals surface area contributed by atoms with Crippen LogP contribution in [0.25, 0.3) is 17.0 Å². The number of halogens is 2. The molecule has 3 N–H and O–H groups in total. The summed E-state index contributed by atoms with van der Waals surface area (Å²) in [5.41, 5.74) is 4.04. The smallest absolute Gasteiger partial charge is 0.415 e. The molecule has 33 heavy (non-hydrogen) atoms. The summed E-state index contributed by atoms with van der Waals surface area (Å²) in [7, 11) is 3.82. The number of hydrogen-bond acceptors (Lipinski definition) is 5. The zero-order valence-corrected chi connectivity index (χ0v) is 19.7. The van der Waals surface area contributed by atoms with Gasteiger partial charge in [-0.25, -0.2) is 15.0 Å². The Balaban J connectivity index is 0.000000221. The SMILES string of the molecule is CNc1nccnc1Nc1ccccc1.C[n+]1cn(-c2ccccc2)c2ncc[nH+]c21.[Cl-].[Cl-]. The van der Waals surface area contributed by atoms with Crippen LogP contribution in [0.5, 0.6) is 0 Å². The van der Waals surface area contributed by atoms with Gasteiger partial charge in [-0.2, -0.15) is 9.55 Å². The average Bonchev–Trinajstić information content (AvgIpc) is 3.18. The van der Waals surface area contributed by atoms with Crippen molar-refractivity contribution in [2.24, 2.45) is 7.05 Å². The van der Waals surface area contributed by atoms with Gasteiger partial charge in [0.15, 0.2) is 17.3 Å². The first-order valence-electron chi connectivity index (χ1n) is 9.86. The van der Waals surface area contributed by atoms with Crippen molar-refractivity contribution in [1.29, 1.82) is 0 Å². The molecule has 0 aliphatic carbocycles. The molecule has 0 saturated heterocycles. The largest absolute Gasteiger partial charge is 1.00 e. The van der Waals surface area contributed by atoms with Gasteiger partial charge in [-0.3, -0.25) is 0 Å². The van der Waals surface area contributed by atoms with Crippen LogP contribution in [-0.4, -0.2) is 26.6 Å². The molecule has 0 aliphatic heterocycles. The third kappa shape index (κ3) is 6.15. The third-order valence-electron chi connectivity index (χ3n) is 4.58. The van der Waals surface area contributed by atoms with E-state index in [1.54, 1.807) is 18.6 Å². The minimum atomic E-state index is 0. The lowest BCUT2D eigenvalue weighted by Crippen LogP contribution is -3.00. The second kappa shape index (κ2) is 12.3. The molecule has 0 aliphatic rings. The van der Waals surface area contributed by atoms with Crippen LogP contribution in [0, 0.1) is 0 Å². The molecule has 170 valence electrons. The summed E-state index contributed by atoms with van der Waals surface area (Å²) in [4.78, 5) is 15.9. The maximum absolute atomic E-state index is 4.39. The molecular weight excluding hydrogens is 459 g/mol. The van der Waals surface area contributed by atoms with E-state index >= 15 is 0 Å². The van der Waals surface area contributed by atoms with Crippen molar-refractivity contribution in [3.05, 3.63) is 91.8 Å². The molecule has 0 fully saturated rings. The van der Waals surface area contributed by atoms with Crippen LogP contribution in [0.3, 0.4) is 0 Å². The highest BCUT2D eigenvalue weighted by atomic mass is 35.5. The Labute approximate surface area is 204 Å². The van der Waals surface area contributed by atoms with Crippen LogP contribution in [0.1, 0.15) is 0 Å². The zero-order chi connectivity index (χ0) is 21.5. The molecule has 0 spiro atoms. The third-order valence-corrected chi connectivity index (χ3v) is 4.58. The molecule has 0 amide bonds. The Bertz CT molecular complexity index is 1260. The number of aryl methyl sites for hydroxylation is 1. The Morgan fingerprint density at radius 2 is 1.45 bits per heavy atom. The lowest BCUT2D eigenvalue weighted by molar-refractivity contribution is -0.682. The molecule has 8 nitrogen and oxygen atoms in total. The van der Waals surface area contributed by atoms with Gasteiger partial charge in [0.1, 0.15) is 13.2 Å². The van der Waals surface area contributed by atoms with Crippen LogP contribution in [0.4, 0.5) is 17.3 Å². The number of para-hydroxylation sites is 2. The fourth-order valence-corrected chi connectivity index (χ4v) is 3.12. The number of benzene rings is 2. The summed E-state index contributed by atoms with van der Waals surface area (Å²) in [6, 6.07) is 20.1. The van der Waals surface area contributed by atoms with Crippen LogP contribution < -0.4 is 45.0 Å². The van der Waals surface area contributed by atoms with Crippen molar-refractivity contribution in [3.8, 4) is 5.69 Å². The first-order chi connectivity index (χ1) is 15.3. The quantitative estimate of drug-likeness (QED) is 0.265. The Hall–Kier alpha value is -3.75. The molecule has 0 bridgehead atoms. The highest BCUT2D eigenvalue weighted by Gasteiger charge is 2.22. The van der Waals surface area contributed by atoms with E-state index in [4.69, 9.17) is 0 Å². The number of nitrogens with one attached hydrogen (secondary N) is 3. The molecule has 2 aromatic carbocycles. The van der Waals surface area contributed by atoms with E-state index in [-0.39, 0.29) is 24.8 Å². The van der Waals surface area contributed by atoms with Crippen LogP contribution in [-0.2, 0) is 7.05 Å². The number of aromatic amines is 1. The molecule has 3 aromatic heterocycles. The van der Waals surface area contributed by atoms with E-state index in [9.17, 15) is 0 Å². The van der Waals surface area contributed by atoms with Crippen LogP contribution in [0.2, 0.25) is 0 Å². The predicted molar refractivity (Wildman–Crippen MR) is 120 cm³/mol. The highest BCUT2D eigenvalue weighted by Crippen LogP contribution is 2.19. The summed E-state index contributed by atoms with van der Waals surface area (Å²) in [5.74, 6) is 1.47. The number of H-pyrrole nitrogens is 1. The fraction of sp³-hybridized carbons (Fsp3) is 0.0870. The second-order valence-electron chi connectivity index (χ2n) is 6.69. The minimum Gasteiger partial charge on any atom is -1.00 e. The van der Waals surface area contributed by atoms with Gasteiger partial charge in [-0.1, -0.05) is 36.4 Å². The Morgan fingerprint density at radius 1 is 0.818 bits per heavy atom. The van der Waals surface area contributed by atoms with Crippen molar-refractivity contribution in [2.45, 2.75) is 0 Å². The van der Waals surface area contributed by atoms with E-state index in [0.29, 0.717) is 0 Å². The number of hydrogen-bond donors (Lipinski definition) is 2. The standard InChI is InChI=1S/C12H11N4.C11H12N4.2ClH/c1-15-9-16(10-5-3-2-4-6-10)12-11(15)13-7-8-14-12;1-12-10-11(14-8-7-13-10)15-9-5-3-2-4-6-9;;/h2-9H,1H3;2-8H,1H3,(H,12,13)(H,14,15);2*1H/q+1;;;/p-1. The molecule has 0 atom stereocenters. The molecule has 0 unspecified atom stereocenters. The minimum absolute atomic E-state index is 0. The highest BCUT2D eigenvalue weighted by molar-refractivity contribution is 5.66. The molecular formula is C23H24Cl2N8. The van der Waals surface area contributed by atoms with E-state index < -0.39 is 0 Å². The summed E-state index contributed by atoms with van der Waals surface area (Å²) in [5, 5.41) is 6.17. The summed E-state index contributed by atoms with van der Waals surface area (Å²) in [6.45, 7) is 0. The molecule has 0 radical (unpaired) electrons. The number of nitrogens with zero attached hydrogens (tertiary/aromatic N) is 5. The molecule has 10 heteroatoms. The predicted octanol–water partition coefficient (Wildman–Crippen LogP) is -3.07.